The minimum absolute atomic E-state index is 0.0782. The molecule has 1 aromatic rings. The molecule has 3 aliphatic heterocycles. The molecule has 3 aliphatic rings. The summed E-state index contributed by atoms with van der Waals surface area (Å²) in [6, 6.07) is 3.99. The van der Waals surface area contributed by atoms with E-state index in [0.29, 0.717) is 16.9 Å². The Kier molecular flexibility index (Phi) is 9.75. The number of nitro benzene ring substituents is 1. The topological polar surface area (TPSA) is 215 Å². The Labute approximate surface area is 257 Å². The molecule has 0 aromatic heterocycles. The number of thioether (sulfide) groups is 1. The van der Waals surface area contributed by atoms with Gasteiger partial charge in [-0.3, -0.25) is 14.9 Å². The highest BCUT2D eigenvalue weighted by Crippen LogP contribution is 2.52. The van der Waals surface area contributed by atoms with Crippen molar-refractivity contribution in [2.24, 2.45) is 17.6 Å². The van der Waals surface area contributed by atoms with Gasteiger partial charge >= 0.3 is 18.1 Å². The van der Waals surface area contributed by atoms with Gasteiger partial charge in [-0.1, -0.05) is 6.92 Å². The Morgan fingerprint density at radius 1 is 1.27 bits per heavy atom. The fourth-order valence-electron chi connectivity index (χ4n) is 5.81. The van der Waals surface area contributed by atoms with Crippen LogP contribution < -0.4 is 11.1 Å². The van der Waals surface area contributed by atoms with Crippen LogP contribution in [0.15, 0.2) is 34.9 Å². The van der Waals surface area contributed by atoms with Crippen LogP contribution in [0.2, 0.25) is 0 Å². The molecule has 0 aliphatic carbocycles. The van der Waals surface area contributed by atoms with Crippen LogP contribution in [0.5, 0.6) is 0 Å². The van der Waals surface area contributed by atoms with Crippen molar-refractivity contribution in [3.63, 3.8) is 0 Å². The number of primary amides is 1. The van der Waals surface area contributed by atoms with Gasteiger partial charge in [0.2, 0.25) is 5.91 Å². The van der Waals surface area contributed by atoms with Gasteiger partial charge in [0, 0.05) is 41.3 Å². The maximum atomic E-state index is 13.3. The van der Waals surface area contributed by atoms with Gasteiger partial charge in [0.15, 0.2) is 0 Å². The lowest BCUT2D eigenvalue weighted by Gasteiger charge is -2.46. The summed E-state index contributed by atoms with van der Waals surface area (Å²) in [6.07, 6.45) is -1.15. The van der Waals surface area contributed by atoms with Crippen molar-refractivity contribution in [1.29, 1.82) is 0 Å². The van der Waals surface area contributed by atoms with Crippen molar-refractivity contribution in [2.75, 3.05) is 19.7 Å². The third-order valence-corrected chi connectivity index (χ3v) is 9.57. The number of ether oxygens (including phenoxy) is 2. The van der Waals surface area contributed by atoms with Gasteiger partial charge in [0.05, 0.1) is 41.2 Å². The number of carbonyl (C=O) groups is 4. The number of benzene rings is 1. The Morgan fingerprint density at radius 2 is 1.93 bits per heavy atom. The summed E-state index contributed by atoms with van der Waals surface area (Å²) in [4.78, 5) is 63.2. The van der Waals surface area contributed by atoms with Gasteiger partial charge < -0.3 is 40.5 Å². The molecule has 0 spiro atoms. The summed E-state index contributed by atoms with van der Waals surface area (Å²) in [5, 5.41) is 33.3. The highest BCUT2D eigenvalue weighted by molar-refractivity contribution is 8.03. The number of urea groups is 1. The van der Waals surface area contributed by atoms with E-state index in [2.05, 4.69) is 5.32 Å². The molecule has 0 unspecified atom stereocenters. The first-order valence-corrected chi connectivity index (χ1v) is 15.0. The summed E-state index contributed by atoms with van der Waals surface area (Å²) in [6.45, 7) is 7.13. The van der Waals surface area contributed by atoms with Gasteiger partial charge in [-0.2, -0.15) is 0 Å². The number of carboxylic acid groups (broad SMARTS) is 1. The van der Waals surface area contributed by atoms with Crippen molar-refractivity contribution in [1.82, 2.24) is 15.1 Å². The summed E-state index contributed by atoms with van der Waals surface area (Å²) in [5.41, 5.74) is 4.73. The molecule has 4 amide bonds. The number of carbonyl (C=O) groups excluding carboxylic acids is 3. The van der Waals surface area contributed by atoms with E-state index in [9.17, 15) is 39.5 Å². The molecule has 1 aromatic carbocycles. The number of nitro groups is 1. The number of hydrogen-bond acceptors (Lipinski definition) is 10. The van der Waals surface area contributed by atoms with E-state index in [4.69, 9.17) is 15.2 Å². The summed E-state index contributed by atoms with van der Waals surface area (Å²) >= 11 is 1.29. The Hall–Kier alpha value is -3.89. The van der Waals surface area contributed by atoms with Crippen LogP contribution in [0.25, 0.3) is 0 Å². The zero-order valence-electron chi connectivity index (χ0n) is 24.8. The van der Waals surface area contributed by atoms with E-state index >= 15 is 0 Å². The van der Waals surface area contributed by atoms with Crippen LogP contribution >= 0.6 is 11.8 Å². The lowest BCUT2D eigenvalue weighted by molar-refractivity contribution is -0.384. The molecule has 4 rings (SSSR count). The Morgan fingerprint density at radius 3 is 2.50 bits per heavy atom. The van der Waals surface area contributed by atoms with Crippen molar-refractivity contribution in [2.45, 2.75) is 69.8 Å². The molecule has 15 nitrogen and oxygen atoms in total. The summed E-state index contributed by atoms with van der Waals surface area (Å²) in [5.74, 6) is -2.68. The first-order valence-electron chi connectivity index (χ1n) is 14.1. The third-order valence-electron chi connectivity index (χ3n) is 8.08. The molecule has 0 radical (unpaired) electrons. The number of non-ortho nitro benzene ring substituents is 1. The molecule has 44 heavy (non-hydrogen) atoms. The average molecular weight is 636 g/mol. The number of rotatable bonds is 12. The quantitative estimate of drug-likeness (QED) is 0.148. The number of amides is 4. The maximum Gasteiger partial charge on any atom is 0.410 e. The van der Waals surface area contributed by atoms with Crippen LogP contribution in [0.3, 0.4) is 0 Å². The molecule has 2 fully saturated rings. The van der Waals surface area contributed by atoms with E-state index in [1.54, 1.807) is 13.8 Å². The highest BCUT2D eigenvalue weighted by atomic mass is 32.2. The molecule has 5 N–H and O–H groups in total. The van der Waals surface area contributed by atoms with Crippen LogP contribution in [0, 0.1) is 22.0 Å². The number of aliphatic hydroxyl groups is 1. The number of β-lactam (4-membered cyclic amide) rings is 1. The van der Waals surface area contributed by atoms with Gasteiger partial charge in [-0.25, -0.2) is 14.4 Å². The molecular weight excluding hydrogens is 598 g/mol. The predicted octanol–water partition coefficient (Wildman–Crippen LogP) is 2.02. The van der Waals surface area contributed by atoms with Crippen molar-refractivity contribution in [3.05, 3.63) is 50.5 Å². The molecule has 0 saturated carbocycles. The number of nitrogens with two attached hydrogens (primary N) is 1. The Balaban J connectivity index is 1.50. The van der Waals surface area contributed by atoms with Crippen molar-refractivity contribution in [3.8, 4) is 0 Å². The van der Waals surface area contributed by atoms with Crippen molar-refractivity contribution < 1.29 is 43.8 Å². The van der Waals surface area contributed by atoms with E-state index in [-0.39, 0.29) is 48.9 Å². The van der Waals surface area contributed by atoms with Crippen LogP contribution in [-0.4, -0.2) is 97.7 Å². The molecule has 3 heterocycles. The number of nitrogens with zero attached hydrogens (tertiary/aromatic N) is 3. The number of hydrogen-bond donors (Lipinski definition) is 4. The number of nitrogens with one attached hydrogen (secondary N) is 1. The van der Waals surface area contributed by atoms with Gasteiger partial charge in [-0.15, -0.1) is 11.8 Å². The fraction of sp³-hybridized carbons (Fsp3) is 0.571. The normalized spacial score (nSPS) is 25.4. The molecule has 16 heteroatoms. The molecule has 0 bridgehead atoms. The minimum Gasteiger partial charge on any atom is -0.477 e. The molecule has 2 saturated heterocycles. The monoisotopic (exact) mass is 635 g/mol. The van der Waals surface area contributed by atoms with Gasteiger partial charge in [0.1, 0.15) is 12.3 Å². The van der Waals surface area contributed by atoms with E-state index in [1.165, 1.54) is 52.8 Å². The lowest BCUT2D eigenvalue weighted by atomic mass is 9.79. The summed E-state index contributed by atoms with van der Waals surface area (Å²) < 4.78 is 11.6. The largest absolute Gasteiger partial charge is 0.477 e. The van der Waals surface area contributed by atoms with Crippen LogP contribution in [0.4, 0.5) is 15.3 Å². The second kappa shape index (κ2) is 13.0. The van der Waals surface area contributed by atoms with Crippen LogP contribution in [0.1, 0.15) is 39.7 Å². The number of aliphatic carboxylic acids is 1. The zero-order chi connectivity index (χ0) is 32.5. The molecular formula is C28H37N5O10S. The lowest BCUT2D eigenvalue weighted by Crippen LogP contribution is -2.63. The second-order valence-electron chi connectivity index (χ2n) is 11.8. The number of fused-ring (bicyclic) bond motifs is 1. The van der Waals surface area contributed by atoms with Crippen LogP contribution in [-0.2, 0) is 25.7 Å². The number of aliphatic hydroxyl groups excluding tert-OH is 1. The predicted molar refractivity (Wildman–Crippen MR) is 157 cm³/mol. The van der Waals surface area contributed by atoms with E-state index in [1.807, 2.05) is 6.92 Å². The molecule has 6 atom stereocenters. The van der Waals surface area contributed by atoms with E-state index in [0.717, 1.165) is 0 Å². The van der Waals surface area contributed by atoms with Gasteiger partial charge in [-0.05, 0) is 44.9 Å². The highest BCUT2D eigenvalue weighted by Gasteiger charge is 2.60. The Bertz CT molecular complexity index is 1350. The minimum atomic E-state index is -1.24. The number of carboxylic acids is 1. The third kappa shape index (κ3) is 6.92. The van der Waals surface area contributed by atoms with Crippen molar-refractivity contribution >= 4 is 41.5 Å². The number of likely N-dealkylation sites (tertiary alicyclic amines) is 1. The zero-order valence-corrected chi connectivity index (χ0v) is 25.6. The second-order valence-corrected chi connectivity index (χ2v) is 13.2. The SMILES string of the molecule is C[C@@H](O)[C@H]1C(=O)N2C(C(=O)O)=C(S[C@H]3C[C@@H](COC(C)(C)CNC(N)=O)N(C(=O)OCc4ccc([N+](=O)[O-])cc4)C3)[C@H](C)[C@H]12. The van der Waals surface area contributed by atoms with E-state index < -0.39 is 58.6 Å². The fourth-order valence-corrected chi connectivity index (χ4v) is 7.38. The summed E-state index contributed by atoms with van der Waals surface area (Å²) in [7, 11) is 0. The smallest absolute Gasteiger partial charge is 0.410 e. The standard InChI is InChI=1S/C28H37N5O10S/c1-14-21-20(15(2)34)24(35)32(21)22(25(36)37)23(14)44-19-9-18(12-43-28(3,4)13-30-26(29)38)31(10-19)27(39)42-11-16-5-7-17(8-6-16)33(40)41/h5-8,14-15,18-21,34H,9-13H2,1-4H3,(H,36,37)(H3,29,30,38)/t14-,15-,18+,19+,20-,21-/m1/s1. The van der Waals surface area contributed by atoms with Gasteiger partial charge in [0.25, 0.3) is 5.69 Å². The first-order chi connectivity index (χ1) is 20.6. The first kappa shape index (κ1) is 33.0. The molecule has 240 valence electrons. The maximum absolute atomic E-state index is 13.3. The average Bonchev–Trinajstić information content (AvgIpc) is 3.46.